The Morgan fingerprint density at radius 2 is 2.00 bits per heavy atom. The van der Waals surface area contributed by atoms with Crippen molar-refractivity contribution in [3.63, 3.8) is 0 Å². The van der Waals surface area contributed by atoms with E-state index in [0.717, 1.165) is 5.75 Å². The summed E-state index contributed by atoms with van der Waals surface area (Å²) in [4.78, 5) is 11.8. The fraction of sp³-hybridized carbons (Fsp3) is 0.250. The molecule has 2 aromatic rings. The van der Waals surface area contributed by atoms with Gasteiger partial charge in [0.15, 0.2) is 6.20 Å². The molecule has 5 heteroatoms. The van der Waals surface area contributed by atoms with Crippen LogP contribution in [0.15, 0.2) is 48.7 Å². The Morgan fingerprint density at radius 1 is 1.24 bits per heavy atom. The lowest BCUT2D eigenvalue weighted by Gasteiger charge is -2.06. The first-order chi connectivity index (χ1) is 10.2. The number of pyridine rings is 1. The second kappa shape index (κ2) is 7.28. The van der Waals surface area contributed by atoms with E-state index in [1.54, 1.807) is 18.3 Å². The summed E-state index contributed by atoms with van der Waals surface area (Å²) in [5, 5.41) is 0. The Balaban J connectivity index is 1.86. The number of nitrogens with two attached hydrogens (primary N) is 1. The molecule has 0 saturated carbocycles. The summed E-state index contributed by atoms with van der Waals surface area (Å²) in [6, 6.07) is 12.8. The standard InChI is InChI=1S/C16H18N2O3/c1-2-18-10-8-13(17)12-15(18)21-16(19)9-11-20-14-6-4-3-5-7-14/h3-8,10,12,17H,2,9,11H2,1H3/p+1. The van der Waals surface area contributed by atoms with Crippen LogP contribution in [0.3, 0.4) is 0 Å². The summed E-state index contributed by atoms with van der Waals surface area (Å²) in [7, 11) is 0. The van der Waals surface area contributed by atoms with Gasteiger partial charge in [-0.1, -0.05) is 18.2 Å². The van der Waals surface area contributed by atoms with Crippen LogP contribution in [-0.2, 0) is 11.3 Å². The van der Waals surface area contributed by atoms with Gasteiger partial charge < -0.3 is 15.2 Å². The third kappa shape index (κ3) is 4.49. The number of hydrogen-bond acceptors (Lipinski definition) is 4. The van der Waals surface area contributed by atoms with Crippen LogP contribution in [0, 0.1) is 0 Å². The maximum atomic E-state index is 11.8. The van der Waals surface area contributed by atoms with Crippen LogP contribution >= 0.6 is 0 Å². The van der Waals surface area contributed by atoms with Crippen LogP contribution in [0.5, 0.6) is 11.6 Å². The molecule has 1 aromatic carbocycles. The zero-order chi connectivity index (χ0) is 15.1. The normalized spacial score (nSPS) is 10.1. The highest BCUT2D eigenvalue weighted by molar-refractivity contribution is 5.71. The van der Waals surface area contributed by atoms with E-state index in [9.17, 15) is 4.79 Å². The van der Waals surface area contributed by atoms with Gasteiger partial charge in [-0.05, 0) is 19.1 Å². The average Bonchev–Trinajstić information content (AvgIpc) is 2.48. The van der Waals surface area contributed by atoms with Crippen LogP contribution in [0.25, 0.3) is 0 Å². The lowest BCUT2D eigenvalue weighted by Crippen LogP contribution is -2.35. The second-order valence-corrected chi connectivity index (χ2v) is 4.47. The van der Waals surface area contributed by atoms with Crippen molar-refractivity contribution < 1.29 is 18.8 Å². The Hall–Kier alpha value is -2.56. The maximum Gasteiger partial charge on any atom is 0.377 e. The van der Waals surface area contributed by atoms with Crippen molar-refractivity contribution in [3.05, 3.63) is 48.7 Å². The lowest BCUT2D eigenvalue weighted by atomic mass is 10.3. The number of aromatic nitrogens is 1. The minimum atomic E-state index is -0.348. The number of aryl methyl sites for hydroxylation is 1. The summed E-state index contributed by atoms with van der Waals surface area (Å²) in [5.41, 5.74) is 6.26. The minimum absolute atomic E-state index is 0.174. The Labute approximate surface area is 123 Å². The van der Waals surface area contributed by atoms with Crippen LogP contribution in [0.2, 0.25) is 0 Å². The summed E-state index contributed by atoms with van der Waals surface area (Å²) < 4.78 is 12.6. The molecule has 0 amide bonds. The molecule has 2 N–H and O–H groups in total. The van der Waals surface area contributed by atoms with Gasteiger partial charge in [0, 0.05) is 11.8 Å². The van der Waals surface area contributed by atoms with Crippen molar-refractivity contribution in [1.82, 2.24) is 0 Å². The van der Waals surface area contributed by atoms with Crippen molar-refractivity contribution in [1.29, 1.82) is 0 Å². The Bertz CT molecular complexity index is 600. The number of hydrogen-bond donors (Lipinski definition) is 1. The fourth-order valence-electron chi connectivity index (χ4n) is 1.81. The number of anilines is 1. The zero-order valence-electron chi connectivity index (χ0n) is 12.0. The molecule has 2 rings (SSSR count). The van der Waals surface area contributed by atoms with Crippen LogP contribution in [0.4, 0.5) is 5.69 Å². The first-order valence-electron chi connectivity index (χ1n) is 6.86. The Morgan fingerprint density at radius 3 is 2.71 bits per heavy atom. The molecular weight excluding hydrogens is 268 g/mol. The summed E-state index contributed by atoms with van der Waals surface area (Å²) in [5.74, 6) is 0.832. The van der Waals surface area contributed by atoms with E-state index in [0.29, 0.717) is 18.1 Å². The molecule has 0 bridgehead atoms. The van der Waals surface area contributed by atoms with Gasteiger partial charge in [0.2, 0.25) is 0 Å². The number of benzene rings is 1. The predicted molar refractivity (Wildman–Crippen MR) is 78.9 cm³/mol. The van der Waals surface area contributed by atoms with E-state index in [-0.39, 0.29) is 19.0 Å². The fourth-order valence-corrected chi connectivity index (χ4v) is 1.81. The van der Waals surface area contributed by atoms with Gasteiger partial charge in [0.1, 0.15) is 12.3 Å². The van der Waals surface area contributed by atoms with E-state index in [1.165, 1.54) is 0 Å². The van der Waals surface area contributed by atoms with Gasteiger partial charge in [-0.25, -0.2) is 0 Å². The molecule has 0 spiro atoms. The highest BCUT2D eigenvalue weighted by atomic mass is 16.5. The molecule has 1 heterocycles. The molecule has 0 fully saturated rings. The summed E-state index contributed by atoms with van der Waals surface area (Å²) in [6.07, 6.45) is 1.96. The molecule has 110 valence electrons. The third-order valence-corrected chi connectivity index (χ3v) is 2.90. The number of nitrogen functional groups attached to an aromatic ring is 1. The predicted octanol–water partition coefficient (Wildman–Crippen LogP) is 1.95. The lowest BCUT2D eigenvalue weighted by molar-refractivity contribution is -0.697. The summed E-state index contributed by atoms with van der Waals surface area (Å²) in [6.45, 7) is 2.94. The van der Waals surface area contributed by atoms with Gasteiger partial charge in [0.05, 0.1) is 19.1 Å². The Kier molecular flexibility index (Phi) is 5.15. The van der Waals surface area contributed by atoms with E-state index >= 15 is 0 Å². The van der Waals surface area contributed by atoms with Gasteiger partial charge in [-0.15, -0.1) is 0 Å². The number of carbonyl (C=O) groups is 1. The number of para-hydroxylation sites is 1. The smallest absolute Gasteiger partial charge is 0.377 e. The van der Waals surface area contributed by atoms with Gasteiger partial charge >= 0.3 is 11.8 Å². The van der Waals surface area contributed by atoms with Crippen molar-refractivity contribution in [3.8, 4) is 11.6 Å². The molecule has 21 heavy (non-hydrogen) atoms. The molecular formula is C16H19N2O3+. The molecule has 0 atom stereocenters. The molecule has 0 unspecified atom stereocenters. The van der Waals surface area contributed by atoms with Gasteiger partial charge in [-0.3, -0.25) is 4.79 Å². The first-order valence-corrected chi connectivity index (χ1v) is 6.86. The quantitative estimate of drug-likeness (QED) is 0.651. The highest BCUT2D eigenvalue weighted by Gasteiger charge is 2.15. The number of carbonyl (C=O) groups excluding carboxylic acids is 1. The first kappa shape index (κ1) is 14.8. The number of rotatable bonds is 6. The molecule has 1 aromatic heterocycles. The molecule has 0 aliphatic carbocycles. The number of esters is 1. The molecule has 0 saturated heterocycles. The van der Waals surface area contributed by atoms with Crippen LogP contribution in [-0.4, -0.2) is 12.6 Å². The number of nitrogens with zero attached hydrogens (tertiary/aromatic N) is 1. The van der Waals surface area contributed by atoms with Crippen molar-refractivity contribution in [2.75, 3.05) is 12.3 Å². The zero-order valence-corrected chi connectivity index (χ0v) is 12.0. The van der Waals surface area contributed by atoms with Crippen molar-refractivity contribution >= 4 is 11.7 Å². The average molecular weight is 287 g/mol. The van der Waals surface area contributed by atoms with Crippen molar-refractivity contribution in [2.45, 2.75) is 19.9 Å². The van der Waals surface area contributed by atoms with E-state index in [2.05, 4.69) is 0 Å². The van der Waals surface area contributed by atoms with E-state index in [4.69, 9.17) is 15.2 Å². The van der Waals surface area contributed by atoms with E-state index in [1.807, 2.05) is 41.8 Å². The largest absolute Gasteiger partial charge is 0.493 e. The highest BCUT2D eigenvalue weighted by Crippen LogP contribution is 2.11. The molecule has 5 nitrogen and oxygen atoms in total. The molecule has 0 radical (unpaired) electrons. The maximum absolute atomic E-state index is 11.8. The topological polar surface area (TPSA) is 65.4 Å². The monoisotopic (exact) mass is 287 g/mol. The van der Waals surface area contributed by atoms with Gasteiger partial charge in [-0.2, -0.15) is 4.57 Å². The van der Waals surface area contributed by atoms with E-state index < -0.39 is 0 Å². The van der Waals surface area contributed by atoms with Crippen molar-refractivity contribution in [2.24, 2.45) is 0 Å². The molecule has 0 aliphatic heterocycles. The SMILES string of the molecule is CC[n+]1ccc(N)cc1OC(=O)CCOc1ccccc1. The van der Waals surface area contributed by atoms with Gasteiger partial charge in [0.25, 0.3) is 0 Å². The van der Waals surface area contributed by atoms with Crippen LogP contribution in [0.1, 0.15) is 13.3 Å². The minimum Gasteiger partial charge on any atom is -0.493 e. The molecule has 0 aliphatic rings. The summed E-state index contributed by atoms with van der Waals surface area (Å²) >= 11 is 0. The third-order valence-electron chi connectivity index (χ3n) is 2.90. The number of ether oxygens (including phenoxy) is 2. The second-order valence-electron chi connectivity index (χ2n) is 4.47. The van der Waals surface area contributed by atoms with Crippen LogP contribution < -0.4 is 19.8 Å².